The molecule has 0 radical (unpaired) electrons. The lowest BCUT2D eigenvalue weighted by Crippen LogP contribution is -2.36. The fraction of sp³-hybridized carbons (Fsp3) is 0. The summed E-state index contributed by atoms with van der Waals surface area (Å²) in [5.74, 6) is 0. The molecule has 2 rings (SSSR count). The largest absolute Gasteiger partial charge is 0.337 e. The SMILES string of the molecule is O=c1[nH]cnn(-c2ccccc2)c1=O. The molecule has 70 valence electrons. The standard InChI is InChI=1S/C9H7N3O2/c13-8-9(14)12(11-6-10-8)7-4-2-1-3-5-7/h1-6H,(H,10,11,13). The van der Waals surface area contributed by atoms with Crippen molar-refractivity contribution in [1.82, 2.24) is 14.8 Å². The van der Waals surface area contributed by atoms with Crippen molar-refractivity contribution in [3.05, 3.63) is 57.4 Å². The number of para-hydroxylation sites is 1. The van der Waals surface area contributed by atoms with Crippen LogP contribution in [-0.4, -0.2) is 14.8 Å². The van der Waals surface area contributed by atoms with Crippen molar-refractivity contribution < 1.29 is 0 Å². The Bertz CT molecular complexity index is 542. The molecule has 1 heterocycles. The van der Waals surface area contributed by atoms with Crippen LogP contribution in [0, 0.1) is 0 Å². The van der Waals surface area contributed by atoms with Gasteiger partial charge in [-0.1, -0.05) is 18.2 Å². The minimum Gasteiger partial charge on any atom is -0.307 e. The number of nitrogens with zero attached hydrogens (tertiary/aromatic N) is 2. The highest BCUT2D eigenvalue weighted by molar-refractivity contribution is 5.29. The number of benzene rings is 1. The maximum Gasteiger partial charge on any atom is 0.337 e. The molecule has 0 saturated heterocycles. The Labute approximate surface area is 78.6 Å². The van der Waals surface area contributed by atoms with Gasteiger partial charge in [-0.2, -0.15) is 9.78 Å². The van der Waals surface area contributed by atoms with E-state index in [9.17, 15) is 9.59 Å². The van der Waals surface area contributed by atoms with E-state index in [1.807, 2.05) is 6.07 Å². The zero-order chi connectivity index (χ0) is 9.97. The van der Waals surface area contributed by atoms with Gasteiger partial charge in [-0.15, -0.1) is 0 Å². The number of aromatic nitrogens is 3. The van der Waals surface area contributed by atoms with Crippen LogP contribution in [0.2, 0.25) is 0 Å². The van der Waals surface area contributed by atoms with E-state index >= 15 is 0 Å². The number of hydrogen-bond donors (Lipinski definition) is 1. The Kier molecular flexibility index (Phi) is 1.98. The summed E-state index contributed by atoms with van der Waals surface area (Å²) < 4.78 is 1.05. The van der Waals surface area contributed by atoms with Gasteiger partial charge in [-0.3, -0.25) is 9.59 Å². The quantitative estimate of drug-likeness (QED) is 0.638. The molecule has 1 aromatic heterocycles. The van der Waals surface area contributed by atoms with Crippen LogP contribution in [0.1, 0.15) is 0 Å². The smallest absolute Gasteiger partial charge is 0.307 e. The summed E-state index contributed by atoms with van der Waals surface area (Å²) in [6.07, 6.45) is 1.19. The molecular formula is C9H7N3O2. The van der Waals surface area contributed by atoms with Crippen molar-refractivity contribution in [1.29, 1.82) is 0 Å². The van der Waals surface area contributed by atoms with E-state index in [4.69, 9.17) is 0 Å². The van der Waals surface area contributed by atoms with Crippen molar-refractivity contribution in [3.8, 4) is 5.69 Å². The molecule has 0 aliphatic rings. The van der Waals surface area contributed by atoms with E-state index in [1.165, 1.54) is 6.33 Å². The van der Waals surface area contributed by atoms with Gasteiger partial charge in [0.15, 0.2) is 0 Å². The third-order valence-corrected chi connectivity index (χ3v) is 1.76. The van der Waals surface area contributed by atoms with Crippen LogP contribution in [0.3, 0.4) is 0 Å². The Morgan fingerprint density at radius 3 is 2.57 bits per heavy atom. The highest BCUT2D eigenvalue weighted by atomic mass is 16.2. The van der Waals surface area contributed by atoms with Crippen molar-refractivity contribution in [2.24, 2.45) is 0 Å². The van der Waals surface area contributed by atoms with Gasteiger partial charge in [0.1, 0.15) is 6.33 Å². The van der Waals surface area contributed by atoms with Gasteiger partial charge in [-0.25, -0.2) is 0 Å². The molecule has 1 N–H and O–H groups in total. The zero-order valence-electron chi connectivity index (χ0n) is 7.18. The molecule has 0 spiro atoms. The zero-order valence-corrected chi connectivity index (χ0v) is 7.18. The van der Waals surface area contributed by atoms with Gasteiger partial charge in [0.05, 0.1) is 5.69 Å². The van der Waals surface area contributed by atoms with Crippen LogP contribution in [0.25, 0.3) is 5.69 Å². The van der Waals surface area contributed by atoms with Crippen LogP contribution in [0.15, 0.2) is 46.2 Å². The molecule has 2 aromatic rings. The number of nitrogens with one attached hydrogen (secondary N) is 1. The summed E-state index contributed by atoms with van der Waals surface area (Å²) in [6.45, 7) is 0. The predicted octanol–water partition coefficient (Wildman–Crippen LogP) is -0.0792. The summed E-state index contributed by atoms with van der Waals surface area (Å²) in [7, 11) is 0. The van der Waals surface area contributed by atoms with Gasteiger partial charge in [0.2, 0.25) is 0 Å². The number of aromatic amines is 1. The van der Waals surface area contributed by atoms with Gasteiger partial charge in [-0.05, 0) is 12.1 Å². The summed E-state index contributed by atoms with van der Waals surface area (Å²) in [5.41, 5.74) is -0.786. The van der Waals surface area contributed by atoms with Crippen LogP contribution in [0.5, 0.6) is 0 Å². The van der Waals surface area contributed by atoms with Crippen LogP contribution >= 0.6 is 0 Å². The van der Waals surface area contributed by atoms with Gasteiger partial charge >= 0.3 is 11.1 Å². The van der Waals surface area contributed by atoms with E-state index < -0.39 is 11.1 Å². The van der Waals surface area contributed by atoms with E-state index in [0.717, 1.165) is 4.68 Å². The Balaban J connectivity index is 2.70. The first kappa shape index (κ1) is 8.43. The van der Waals surface area contributed by atoms with Crippen LogP contribution < -0.4 is 11.1 Å². The number of H-pyrrole nitrogens is 1. The van der Waals surface area contributed by atoms with Crippen LogP contribution in [0.4, 0.5) is 0 Å². The van der Waals surface area contributed by atoms with Crippen molar-refractivity contribution >= 4 is 0 Å². The highest BCUT2D eigenvalue weighted by Gasteiger charge is 2.01. The van der Waals surface area contributed by atoms with Crippen molar-refractivity contribution in [2.75, 3.05) is 0 Å². The first-order valence-electron chi connectivity index (χ1n) is 4.01. The minimum atomic E-state index is -0.682. The fourth-order valence-electron chi connectivity index (χ4n) is 1.11. The predicted molar refractivity (Wildman–Crippen MR) is 50.5 cm³/mol. The Hall–Kier alpha value is -2.17. The average Bonchev–Trinajstić information content (AvgIpc) is 2.23. The average molecular weight is 189 g/mol. The topological polar surface area (TPSA) is 67.8 Å². The molecular weight excluding hydrogens is 182 g/mol. The maximum atomic E-state index is 11.3. The molecule has 0 bridgehead atoms. The molecule has 0 fully saturated rings. The monoisotopic (exact) mass is 189 g/mol. The maximum absolute atomic E-state index is 11.3. The molecule has 0 aliphatic heterocycles. The Morgan fingerprint density at radius 1 is 1.14 bits per heavy atom. The lowest BCUT2D eigenvalue weighted by molar-refractivity contribution is 0.762. The van der Waals surface area contributed by atoms with Gasteiger partial charge in [0, 0.05) is 0 Å². The fourth-order valence-corrected chi connectivity index (χ4v) is 1.11. The summed E-state index contributed by atoms with van der Waals surface area (Å²) in [4.78, 5) is 24.5. The molecule has 0 amide bonds. The number of hydrogen-bond acceptors (Lipinski definition) is 3. The normalized spacial score (nSPS) is 10.0. The molecule has 0 saturated carbocycles. The molecule has 1 aromatic carbocycles. The van der Waals surface area contributed by atoms with Gasteiger partial charge < -0.3 is 4.98 Å². The van der Waals surface area contributed by atoms with Crippen LogP contribution in [-0.2, 0) is 0 Å². The van der Waals surface area contributed by atoms with E-state index in [2.05, 4.69) is 10.1 Å². The van der Waals surface area contributed by atoms with Gasteiger partial charge in [0.25, 0.3) is 0 Å². The first-order chi connectivity index (χ1) is 6.79. The second kappa shape index (κ2) is 3.29. The lowest BCUT2D eigenvalue weighted by Gasteiger charge is -2.00. The summed E-state index contributed by atoms with van der Waals surface area (Å²) in [6, 6.07) is 8.76. The van der Waals surface area contributed by atoms with E-state index in [0.29, 0.717) is 5.69 Å². The summed E-state index contributed by atoms with van der Waals surface area (Å²) in [5, 5.41) is 3.76. The minimum absolute atomic E-state index is 0.573. The third-order valence-electron chi connectivity index (χ3n) is 1.76. The van der Waals surface area contributed by atoms with Crippen molar-refractivity contribution in [3.63, 3.8) is 0 Å². The second-order valence-corrected chi connectivity index (χ2v) is 2.67. The van der Waals surface area contributed by atoms with E-state index in [1.54, 1.807) is 24.3 Å². The molecule has 0 unspecified atom stereocenters. The molecule has 5 nitrogen and oxygen atoms in total. The molecule has 0 atom stereocenters. The summed E-state index contributed by atoms with van der Waals surface area (Å²) >= 11 is 0. The van der Waals surface area contributed by atoms with E-state index in [-0.39, 0.29) is 0 Å². The Morgan fingerprint density at radius 2 is 1.86 bits per heavy atom. The first-order valence-corrected chi connectivity index (χ1v) is 4.01. The third kappa shape index (κ3) is 1.35. The molecule has 14 heavy (non-hydrogen) atoms. The highest BCUT2D eigenvalue weighted by Crippen LogP contribution is 1.99. The number of rotatable bonds is 1. The second-order valence-electron chi connectivity index (χ2n) is 2.67. The lowest BCUT2D eigenvalue weighted by atomic mass is 10.3. The molecule has 0 aliphatic carbocycles. The van der Waals surface area contributed by atoms with Crippen molar-refractivity contribution in [2.45, 2.75) is 0 Å². The molecule has 5 heteroatoms.